The predicted octanol–water partition coefficient (Wildman–Crippen LogP) is 2.06. The minimum absolute atomic E-state index is 0. The third kappa shape index (κ3) is 9.43. The van der Waals surface area contributed by atoms with Crippen molar-refractivity contribution in [3.8, 4) is 0 Å². The summed E-state index contributed by atoms with van der Waals surface area (Å²) in [6.07, 6.45) is 5.72. The fraction of sp³-hybridized carbons (Fsp3) is 0.250. The summed E-state index contributed by atoms with van der Waals surface area (Å²) < 4.78 is 0. The lowest BCUT2D eigenvalue weighted by atomic mass is 10.1. The number of pyridine rings is 1. The van der Waals surface area contributed by atoms with Gasteiger partial charge in [0.1, 0.15) is 11.9 Å². The Bertz CT molecular complexity index is 785. The van der Waals surface area contributed by atoms with Gasteiger partial charge in [0, 0.05) is 12.7 Å². The van der Waals surface area contributed by atoms with Gasteiger partial charge in [0.2, 0.25) is 11.8 Å². The fourth-order valence-corrected chi connectivity index (χ4v) is 2.29. The van der Waals surface area contributed by atoms with Crippen molar-refractivity contribution in [2.45, 2.75) is 32.0 Å². The second-order valence-electron chi connectivity index (χ2n) is 6.19. The molecule has 7 nitrogen and oxygen atoms in total. The number of halogens is 2. The highest BCUT2D eigenvalue weighted by molar-refractivity contribution is 5.89. The molecule has 0 bridgehead atoms. The van der Waals surface area contributed by atoms with Crippen LogP contribution in [-0.2, 0) is 16.1 Å². The zero-order valence-corrected chi connectivity index (χ0v) is 17.7. The molecule has 2 rings (SSSR count). The van der Waals surface area contributed by atoms with Crippen molar-refractivity contribution >= 4 is 48.5 Å². The average molecular weight is 440 g/mol. The lowest BCUT2D eigenvalue weighted by molar-refractivity contribution is -0.129. The van der Waals surface area contributed by atoms with Gasteiger partial charge < -0.3 is 22.1 Å². The van der Waals surface area contributed by atoms with Crippen molar-refractivity contribution < 1.29 is 9.59 Å². The molecule has 9 heteroatoms. The minimum Gasteiger partial charge on any atom is -0.384 e. The first-order chi connectivity index (χ1) is 13.0. The SMILES string of the molecule is C[C@H](NC(=O)C(N)CC=Cc1ccccc1)C(=O)NCc1ccc(N)nc1.Cl.Cl. The molecule has 0 saturated heterocycles. The number of hydrogen-bond donors (Lipinski definition) is 4. The van der Waals surface area contributed by atoms with Gasteiger partial charge in [-0.15, -0.1) is 24.8 Å². The zero-order valence-electron chi connectivity index (χ0n) is 16.1. The Kier molecular flexibility index (Phi) is 12.3. The lowest BCUT2D eigenvalue weighted by Gasteiger charge is -2.16. The number of anilines is 1. The summed E-state index contributed by atoms with van der Waals surface area (Å²) in [6.45, 7) is 1.92. The highest BCUT2D eigenvalue weighted by Crippen LogP contribution is 2.03. The van der Waals surface area contributed by atoms with Crippen molar-refractivity contribution in [2.24, 2.45) is 5.73 Å². The number of benzene rings is 1. The number of nitrogens with zero attached hydrogens (tertiary/aromatic N) is 1. The Morgan fingerprint density at radius 3 is 2.41 bits per heavy atom. The smallest absolute Gasteiger partial charge is 0.242 e. The third-order valence-electron chi connectivity index (χ3n) is 3.90. The van der Waals surface area contributed by atoms with Gasteiger partial charge in [0.25, 0.3) is 0 Å². The molecule has 29 heavy (non-hydrogen) atoms. The topological polar surface area (TPSA) is 123 Å². The van der Waals surface area contributed by atoms with Crippen LogP contribution < -0.4 is 22.1 Å². The molecule has 0 radical (unpaired) electrons. The number of nitrogens with one attached hydrogen (secondary N) is 2. The Labute approximate surface area is 183 Å². The Morgan fingerprint density at radius 2 is 1.79 bits per heavy atom. The molecule has 0 aliphatic rings. The van der Waals surface area contributed by atoms with Crippen LogP contribution in [0.25, 0.3) is 6.08 Å². The third-order valence-corrected chi connectivity index (χ3v) is 3.90. The molecule has 0 saturated carbocycles. The van der Waals surface area contributed by atoms with Crippen LogP contribution in [-0.4, -0.2) is 28.9 Å². The molecule has 1 aromatic carbocycles. The number of nitrogens with two attached hydrogens (primary N) is 2. The van der Waals surface area contributed by atoms with Crippen molar-refractivity contribution in [2.75, 3.05) is 5.73 Å². The predicted molar refractivity (Wildman–Crippen MR) is 121 cm³/mol. The van der Waals surface area contributed by atoms with E-state index in [0.717, 1.165) is 11.1 Å². The minimum atomic E-state index is -0.721. The number of nitrogen functional groups attached to an aromatic ring is 1. The second-order valence-corrected chi connectivity index (χ2v) is 6.19. The molecule has 2 atom stereocenters. The Balaban J connectivity index is 0.00000392. The number of aromatic nitrogens is 1. The van der Waals surface area contributed by atoms with Crippen molar-refractivity contribution in [1.29, 1.82) is 0 Å². The number of rotatable bonds is 8. The monoisotopic (exact) mass is 439 g/mol. The van der Waals surface area contributed by atoms with Crippen LogP contribution in [0.2, 0.25) is 0 Å². The van der Waals surface area contributed by atoms with Gasteiger partial charge in [-0.25, -0.2) is 4.98 Å². The highest BCUT2D eigenvalue weighted by Gasteiger charge is 2.19. The van der Waals surface area contributed by atoms with Gasteiger partial charge >= 0.3 is 0 Å². The molecule has 1 aromatic heterocycles. The molecular weight excluding hydrogens is 413 g/mol. The highest BCUT2D eigenvalue weighted by atomic mass is 35.5. The van der Waals surface area contributed by atoms with Gasteiger partial charge in [-0.3, -0.25) is 9.59 Å². The van der Waals surface area contributed by atoms with Crippen molar-refractivity contribution in [1.82, 2.24) is 15.6 Å². The fourth-order valence-electron chi connectivity index (χ4n) is 2.29. The molecule has 0 aliphatic carbocycles. The van der Waals surface area contributed by atoms with Crippen molar-refractivity contribution in [3.05, 3.63) is 65.9 Å². The van der Waals surface area contributed by atoms with Gasteiger partial charge in [-0.05, 0) is 30.5 Å². The van der Waals surface area contributed by atoms with E-state index in [1.807, 2.05) is 42.5 Å². The summed E-state index contributed by atoms with van der Waals surface area (Å²) in [4.78, 5) is 28.2. The van der Waals surface area contributed by atoms with Crippen LogP contribution in [0.5, 0.6) is 0 Å². The molecule has 0 fully saturated rings. The van der Waals surface area contributed by atoms with Crippen LogP contribution in [0.1, 0.15) is 24.5 Å². The van der Waals surface area contributed by atoms with Gasteiger partial charge in [-0.1, -0.05) is 48.6 Å². The van der Waals surface area contributed by atoms with E-state index in [2.05, 4.69) is 15.6 Å². The second kappa shape index (κ2) is 13.5. The molecule has 2 aromatic rings. The summed E-state index contributed by atoms with van der Waals surface area (Å²) in [6, 6.07) is 11.8. The van der Waals surface area contributed by atoms with Crippen LogP contribution in [0.3, 0.4) is 0 Å². The molecular formula is C20H27Cl2N5O2. The maximum Gasteiger partial charge on any atom is 0.242 e. The van der Waals surface area contributed by atoms with E-state index in [0.29, 0.717) is 18.8 Å². The van der Waals surface area contributed by atoms with Crippen LogP contribution in [0.15, 0.2) is 54.7 Å². The first-order valence-corrected chi connectivity index (χ1v) is 8.71. The van der Waals surface area contributed by atoms with Gasteiger partial charge in [-0.2, -0.15) is 0 Å². The largest absolute Gasteiger partial charge is 0.384 e. The normalized spacial score (nSPS) is 12.2. The summed E-state index contributed by atoms with van der Waals surface area (Å²) >= 11 is 0. The van der Waals surface area contributed by atoms with Crippen LogP contribution >= 0.6 is 24.8 Å². The molecule has 0 spiro atoms. The first-order valence-electron chi connectivity index (χ1n) is 8.71. The van der Waals surface area contributed by atoms with E-state index in [9.17, 15) is 9.59 Å². The van der Waals surface area contributed by atoms with Crippen LogP contribution in [0.4, 0.5) is 5.82 Å². The van der Waals surface area contributed by atoms with E-state index >= 15 is 0 Å². The van der Waals surface area contributed by atoms with E-state index in [1.54, 1.807) is 25.3 Å². The quantitative estimate of drug-likeness (QED) is 0.501. The number of hydrogen-bond acceptors (Lipinski definition) is 5. The molecule has 1 unspecified atom stereocenters. The molecule has 0 aliphatic heterocycles. The van der Waals surface area contributed by atoms with Gasteiger partial charge in [0.15, 0.2) is 0 Å². The summed E-state index contributed by atoms with van der Waals surface area (Å²) in [7, 11) is 0. The molecule has 2 amide bonds. The maximum atomic E-state index is 12.1. The van der Waals surface area contributed by atoms with E-state index in [-0.39, 0.29) is 36.6 Å². The van der Waals surface area contributed by atoms with E-state index < -0.39 is 12.1 Å². The van der Waals surface area contributed by atoms with E-state index in [1.165, 1.54) is 0 Å². The summed E-state index contributed by atoms with van der Waals surface area (Å²) in [5, 5.41) is 5.37. The molecule has 158 valence electrons. The first kappa shape index (κ1) is 26.4. The molecule has 6 N–H and O–H groups in total. The summed E-state index contributed by atoms with van der Waals surface area (Å²) in [5.74, 6) is -0.252. The number of amides is 2. The van der Waals surface area contributed by atoms with Crippen LogP contribution in [0, 0.1) is 0 Å². The maximum absolute atomic E-state index is 12.1. The average Bonchev–Trinajstić information content (AvgIpc) is 2.67. The number of carbonyl (C=O) groups is 2. The number of carbonyl (C=O) groups excluding carboxylic acids is 2. The van der Waals surface area contributed by atoms with E-state index in [4.69, 9.17) is 11.5 Å². The standard InChI is InChI=1S/C20H25N5O2.2ClH/c1-14(19(26)24-13-16-10-11-18(22)23-12-16)25-20(27)17(21)9-5-8-15-6-3-2-4-7-15;;/h2-8,10-12,14,17H,9,13,21H2,1H3,(H2,22,23)(H,24,26)(H,25,27);2*1H/t14-,17?;;/m0../s1. The lowest BCUT2D eigenvalue weighted by Crippen LogP contribution is -2.50. The Morgan fingerprint density at radius 1 is 1.10 bits per heavy atom. The molecule has 1 heterocycles. The van der Waals surface area contributed by atoms with Gasteiger partial charge in [0.05, 0.1) is 6.04 Å². The van der Waals surface area contributed by atoms with Crippen molar-refractivity contribution in [3.63, 3.8) is 0 Å². The zero-order chi connectivity index (χ0) is 19.6. The Hall–Kier alpha value is -2.61. The summed E-state index contributed by atoms with van der Waals surface area (Å²) in [5.41, 5.74) is 13.3.